The fraction of sp³-hybridized carbons (Fsp3) is 0.235. The molecule has 0 fully saturated rings. The van der Waals surface area contributed by atoms with E-state index in [-0.39, 0.29) is 17.1 Å². The smallest absolute Gasteiger partial charge is 0.269 e. The Labute approximate surface area is 157 Å². The lowest BCUT2D eigenvalue weighted by atomic mass is 10.3. The van der Waals surface area contributed by atoms with Crippen molar-refractivity contribution in [1.29, 1.82) is 0 Å². The van der Waals surface area contributed by atoms with Gasteiger partial charge >= 0.3 is 0 Å². The maximum Gasteiger partial charge on any atom is 0.269 e. The maximum absolute atomic E-state index is 12.2. The zero-order chi connectivity index (χ0) is 19.9. The Morgan fingerprint density at radius 3 is 2.30 bits per heavy atom. The monoisotopic (exact) mass is 392 g/mol. The van der Waals surface area contributed by atoms with Crippen molar-refractivity contribution < 1.29 is 18.1 Å². The molecule has 2 rings (SSSR count). The van der Waals surface area contributed by atoms with Gasteiger partial charge in [0.05, 0.1) is 15.9 Å². The molecule has 0 bridgehead atoms. The molecule has 0 aliphatic heterocycles. The van der Waals surface area contributed by atoms with E-state index in [1.807, 2.05) is 0 Å². The molecule has 0 aliphatic carbocycles. The Morgan fingerprint density at radius 2 is 1.70 bits per heavy atom. The van der Waals surface area contributed by atoms with Crippen LogP contribution in [0, 0.1) is 10.1 Å². The number of non-ortho nitro benzene ring substituents is 1. The minimum Gasteiger partial charge on any atom is -0.383 e. The number of nitro groups is 1. The van der Waals surface area contributed by atoms with Crippen LogP contribution in [-0.2, 0) is 14.8 Å². The van der Waals surface area contributed by atoms with Crippen LogP contribution in [0.4, 0.5) is 11.4 Å². The molecule has 10 heteroatoms. The van der Waals surface area contributed by atoms with E-state index in [1.165, 1.54) is 31.2 Å². The number of hydrogen-bond donors (Lipinski definition) is 3. The van der Waals surface area contributed by atoms with E-state index in [0.717, 1.165) is 0 Å². The van der Waals surface area contributed by atoms with Gasteiger partial charge in [0.25, 0.3) is 5.69 Å². The van der Waals surface area contributed by atoms with Gasteiger partial charge in [0.1, 0.15) is 0 Å². The summed E-state index contributed by atoms with van der Waals surface area (Å²) in [5, 5.41) is 16.2. The summed E-state index contributed by atoms with van der Waals surface area (Å²) in [5.41, 5.74) is 0.668. The van der Waals surface area contributed by atoms with Gasteiger partial charge in [0, 0.05) is 30.9 Å². The fourth-order valence-electron chi connectivity index (χ4n) is 2.20. The summed E-state index contributed by atoms with van der Waals surface area (Å²) in [7, 11) is -3.77. The summed E-state index contributed by atoms with van der Waals surface area (Å²) in [5.74, 6) is -0.458. The molecule has 1 amide bonds. The van der Waals surface area contributed by atoms with Crippen LogP contribution in [-0.4, -0.2) is 38.4 Å². The number of anilines is 1. The molecule has 0 unspecified atom stereocenters. The highest BCUT2D eigenvalue weighted by Crippen LogP contribution is 2.14. The third-order valence-corrected chi connectivity index (χ3v) is 5.17. The standard InChI is InChI=1S/C17H20N4O5S/c1-13(20-27(25,26)16-5-3-2-4-6-16)17(22)19-12-11-18-14-7-9-15(10-8-14)21(23)24/h2-10,13,18,20H,11-12H2,1H3,(H,19,22)/t13-/m0/s1. The first-order valence-corrected chi connectivity index (χ1v) is 9.61. The van der Waals surface area contributed by atoms with Gasteiger partial charge in [-0.05, 0) is 31.2 Å². The van der Waals surface area contributed by atoms with Crippen LogP contribution in [0.5, 0.6) is 0 Å². The van der Waals surface area contributed by atoms with Gasteiger partial charge < -0.3 is 10.6 Å². The number of nitrogens with one attached hydrogen (secondary N) is 3. The average Bonchev–Trinajstić information content (AvgIpc) is 2.65. The zero-order valence-corrected chi connectivity index (χ0v) is 15.4. The number of amides is 1. The van der Waals surface area contributed by atoms with Crippen molar-refractivity contribution in [3.63, 3.8) is 0 Å². The number of nitrogens with zero attached hydrogens (tertiary/aromatic N) is 1. The molecule has 0 aliphatic rings. The van der Waals surface area contributed by atoms with Gasteiger partial charge in [-0.2, -0.15) is 4.72 Å². The summed E-state index contributed by atoms with van der Waals surface area (Å²) in [6.45, 7) is 2.09. The van der Waals surface area contributed by atoms with Crippen LogP contribution in [0.15, 0.2) is 59.5 Å². The van der Waals surface area contributed by atoms with Crippen molar-refractivity contribution in [3.05, 3.63) is 64.7 Å². The maximum atomic E-state index is 12.2. The van der Waals surface area contributed by atoms with E-state index >= 15 is 0 Å². The second-order valence-electron chi connectivity index (χ2n) is 5.68. The summed E-state index contributed by atoms with van der Waals surface area (Å²) in [6.07, 6.45) is 0. The molecule has 2 aromatic carbocycles. The third kappa shape index (κ3) is 6.04. The van der Waals surface area contributed by atoms with E-state index < -0.39 is 26.9 Å². The second-order valence-corrected chi connectivity index (χ2v) is 7.39. The number of carbonyl (C=O) groups is 1. The number of nitro benzene ring substituents is 1. The zero-order valence-electron chi connectivity index (χ0n) is 14.6. The van der Waals surface area contributed by atoms with Gasteiger partial charge in [-0.1, -0.05) is 18.2 Å². The van der Waals surface area contributed by atoms with Crippen LogP contribution in [0.3, 0.4) is 0 Å². The van der Waals surface area contributed by atoms with Gasteiger partial charge in [-0.3, -0.25) is 14.9 Å². The molecule has 27 heavy (non-hydrogen) atoms. The molecule has 144 valence electrons. The molecule has 0 saturated heterocycles. The molecule has 0 aromatic heterocycles. The number of hydrogen-bond acceptors (Lipinski definition) is 6. The van der Waals surface area contributed by atoms with E-state index in [4.69, 9.17) is 0 Å². The summed E-state index contributed by atoms with van der Waals surface area (Å²) in [4.78, 5) is 22.2. The van der Waals surface area contributed by atoms with Crippen molar-refractivity contribution in [2.45, 2.75) is 17.9 Å². The van der Waals surface area contributed by atoms with Crippen molar-refractivity contribution in [2.75, 3.05) is 18.4 Å². The van der Waals surface area contributed by atoms with Crippen LogP contribution in [0.25, 0.3) is 0 Å². The molecule has 1 atom stereocenters. The Kier molecular flexibility index (Phi) is 6.85. The Balaban J connectivity index is 1.77. The number of benzene rings is 2. The van der Waals surface area contributed by atoms with Crippen molar-refractivity contribution in [3.8, 4) is 0 Å². The van der Waals surface area contributed by atoms with E-state index in [2.05, 4.69) is 15.4 Å². The number of sulfonamides is 1. The Hall–Kier alpha value is -2.98. The van der Waals surface area contributed by atoms with Crippen molar-refractivity contribution >= 4 is 27.3 Å². The van der Waals surface area contributed by atoms with Crippen LogP contribution in [0.2, 0.25) is 0 Å². The van der Waals surface area contributed by atoms with Crippen molar-refractivity contribution in [2.24, 2.45) is 0 Å². The van der Waals surface area contributed by atoms with Crippen molar-refractivity contribution in [1.82, 2.24) is 10.0 Å². The average molecular weight is 392 g/mol. The molecule has 0 saturated carbocycles. The lowest BCUT2D eigenvalue weighted by Gasteiger charge is -2.15. The molecular weight excluding hydrogens is 372 g/mol. The van der Waals surface area contributed by atoms with E-state index in [0.29, 0.717) is 12.2 Å². The van der Waals surface area contributed by atoms with Gasteiger partial charge in [0.15, 0.2) is 0 Å². The van der Waals surface area contributed by atoms with Crippen LogP contribution >= 0.6 is 0 Å². The van der Waals surface area contributed by atoms with Gasteiger partial charge in [0.2, 0.25) is 15.9 Å². The van der Waals surface area contributed by atoms with E-state index in [9.17, 15) is 23.3 Å². The molecule has 9 nitrogen and oxygen atoms in total. The predicted molar refractivity (Wildman–Crippen MR) is 101 cm³/mol. The molecule has 0 heterocycles. The molecule has 0 radical (unpaired) electrons. The minimum atomic E-state index is -3.77. The molecule has 2 aromatic rings. The van der Waals surface area contributed by atoms with E-state index in [1.54, 1.807) is 30.3 Å². The highest BCUT2D eigenvalue weighted by Gasteiger charge is 2.21. The first-order valence-electron chi connectivity index (χ1n) is 8.13. The Morgan fingerprint density at radius 1 is 1.07 bits per heavy atom. The highest BCUT2D eigenvalue weighted by molar-refractivity contribution is 7.89. The minimum absolute atomic E-state index is 0.00613. The normalized spacial score (nSPS) is 12.2. The summed E-state index contributed by atoms with van der Waals surface area (Å²) in [6, 6.07) is 12.7. The second kappa shape index (κ2) is 9.10. The topological polar surface area (TPSA) is 130 Å². The third-order valence-electron chi connectivity index (χ3n) is 3.61. The Bertz CT molecular complexity index is 885. The molecule has 3 N–H and O–H groups in total. The largest absolute Gasteiger partial charge is 0.383 e. The first-order chi connectivity index (χ1) is 12.8. The molecule has 0 spiro atoms. The molecular formula is C17H20N4O5S. The number of rotatable bonds is 9. The highest BCUT2D eigenvalue weighted by atomic mass is 32.2. The van der Waals surface area contributed by atoms with Crippen LogP contribution < -0.4 is 15.4 Å². The number of carbonyl (C=O) groups excluding carboxylic acids is 1. The summed E-state index contributed by atoms with van der Waals surface area (Å²) >= 11 is 0. The fourth-order valence-corrected chi connectivity index (χ4v) is 3.42. The summed E-state index contributed by atoms with van der Waals surface area (Å²) < 4.78 is 26.7. The lowest BCUT2D eigenvalue weighted by Crippen LogP contribution is -2.45. The quantitative estimate of drug-likeness (QED) is 0.337. The van der Waals surface area contributed by atoms with Gasteiger partial charge in [-0.15, -0.1) is 0 Å². The van der Waals surface area contributed by atoms with Gasteiger partial charge in [-0.25, -0.2) is 8.42 Å². The first kappa shape index (κ1) is 20.3. The SMILES string of the molecule is C[C@H](NS(=O)(=O)c1ccccc1)C(=O)NCCNc1ccc([N+](=O)[O-])cc1. The lowest BCUT2D eigenvalue weighted by molar-refractivity contribution is -0.384. The predicted octanol–water partition coefficient (Wildman–Crippen LogP) is 1.49. The van der Waals surface area contributed by atoms with Crippen LogP contribution in [0.1, 0.15) is 6.92 Å².